The number of nitrogens with zero attached hydrogens (tertiary/aromatic N) is 2. The maximum Gasteiger partial charge on any atom is 0.160 e. The molecule has 0 fully saturated rings. The molecule has 1 aliphatic rings. The molecule has 66 heavy (non-hydrogen) atoms. The lowest BCUT2D eigenvalue weighted by Gasteiger charge is -2.34. The van der Waals surface area contributed by atoms with E-state index in [0.29, 0.717) is 5.82 Å². The Morgan fingerprint density at radius 3 is 1.59 bits per heavy atom. The Bertz CT molecular complexity index is 3760. The molecule has 0 saturated heterocycles. The first-order chi connectivity index (χ1) is 32.7. The van der Waals surface area contributed by atoms with Crippen LogP contribution in [-0.2, 0) is 5.41 Å². The van der Waals surface area contributed by atoms with E-state index in [1.54, 1.807) is 0 Å². The van der Waals surface area contributed by atoms with Gasteiger partial charge >= 0.3 is 0 Å². The van der Waals surface area contributed by atoms with Crippen molar-refractivity contribution in [3.8, 4) is 67.3 Å². The second-order valence-electron chi connectivity index (χ2n) is 17.3. The fourth-order valence-electron chi connectivity index (χ4n) is 10.4. The summed E-state index contributed by atoms with van der Waals surface area (Å²) in [6.07, 6.45) is 0. The summed E-state index contributed by atoms with van der Waals surface area (Å²) >= 11 is 0. The van der Waals surface area contributed by atoms with Crippen LogP contribution in [0.15, 0.2) is 247 Å². The van der Waals surface area contributed by atoms with Gasteiger partial charge in [-0.3, -0.25) is 0 Å². The predicted octanol–water partition coefficient (Wildman–Crippen LogP) is 16.2. The normalized spacial score (nSPS) is 12.7. The molecule has 3 heteroatoms. The highest BCUT2D eigenvalue weighted by molar-refractivity contribution is 6.06. The summed E-state index contributed by atoms with van der Waals surface area (Å²) in [4.78, 5) is 10.7. The predicted molar refractivity (Wildman–Crippen MR) is 271 cm³/mol. The molecule has 0 aliphatic heterocycles. The SMILES string of the molecule is c1ccc(C2(c3ccccc3)c3ccccc3-c3ccc(-c4cc(-c5ccc(-c6ccc7oc8ccccc8c7c6)cc5)nc(-c5ccc(-c6ccc7ccccc7c6)cc5)n4)cc32)cc1. The topological polar surface area (TPSA) is 38.9 Å². The van der Waals surface area contributed by atoms with Gasteiger partial charge in [0.25, 0.3) is 0 Å². The minimum absolute atomic E-state index is 0.524. The summed E-state index contributed by atoms with van der Waals surface area (Å²) in [5.74, 6) is 0.676. The summed E-state index contributed by atoms with van der Waals surface area (Å²) in [5.41, 5.74) is 18.1. The fraction of sp³-hybridized carbons (Fsp3) is 0.0159. The molecule has 0 unspecified atom stereocenters. The molecule has 1 aliphatic carbocycles. The van der Waals surface area contributed by atoms with E-state index >= 15 is 0 Å². The molecule has 0 saturated carbocycles. The summed E-state index contributed by atoms with van der Waals surface area (Å²) in [6, 6.07) is 87.1. The van der Waals surface area contributed by atoms with Crippen molar-refractivity contribution in [1.82, 2.24) is 9.97 Å². The third kappa shape index (κ3) is 6.12. The van der Waals surface area contributed by atoms with Gasteiger partial charge in [0.1, 0.15) is 11.2 Å². The highest BCUT2D eigenvalue weighted by Crippen LogP contribution is 2.56. The van der Waals surface area contributed by atoms with E-state index in [0.717, 1.165) is 66.7 Å². The number of para-hydroxylation sites is 1. The van der Waals surface area contributed by atoms with Crippen LogP contribution in [-0.4, -0.2) is 9.97 Å². The zero-order valence-corrected chi connectivity index (χ0v) is 35.9. The lowest BCUT2D eigenvalue weighted by Crippen LogP contribution is -2.28. The standard InChI is InChI=1S/C63H40N2O/c1-3-15-50(16-4-1)63(51-17-5-2-6-18-51)56-21-11-9-19-52(56)53-35-33-49(39-57(53)63)59-40-58(44-28-23-43(24-29-44)48-34-36-61-55(38-48)54-20-10-12-22-60(54)66-61)64-62(65-59)45-30-25-42(26-31-45)47-32-27-41-13-7-8-14-46(41)37-47/h1-40H. The molecule has 13 rings (SSSR count). The van der Waals surface area contributed by atoms with Gasteiger partial charge in [-0.05, 0) is 103 Å². The minimum Gasteiger partial charge on any atom is -0.456 e. The summed E-state index contributed by atoms with van der Waals surface area (Å²) in [6.45, 7) is 0. The van der Waals surface area contributed by atoms with E-state index in [1.165, 1.54) is 49.7 Å². The van der Waals surface area contributed by atoms with Crippen LogP contribution in [0.25, 0.3) is 100.0 Å². The lowest BCUT2D eigenvalue weighted by atomic mass is 9.67. The molecule has 0 amide bonds. The molecule has 0 spiro atoms. The largest absolute Gasteiger partial charge is 0.456 e. The van der Waals surface area contributed by atoms with E-state index in [4.69, 9.17) is 14.4 Å². The molecule has 2 aromatic heterocycles. The van der Waals surface area contributed by atoms with Crippen LogP contribution in [0.5, 0.6) is 0 Å². The van der Waals surface area contributed by atoms with E-state index < -0.39 is 5.41 Å². The number of hydrogen-bond acceptors (Lipinski definition) is 3. The summed E-state index contributed by atoms with van der Waals surface area (Å²) < 4.78 is 6.14. The second kappa shape index (κ2) is 15.3. The average Bonchev–Trinajstić information content (AvgIpc) is 3.92. The summed E-state index contributed by atoms with van der Waals surface area (Å²) in [5, 5.41) is 4.70. The van der Waals surface area contributed by atoms with Crippen LogP contribution >= 0.6 is 0 Å². The Morgan fingerprint density at radius 1 is 0.303 bits per heavy atom. The Hall–Kier alpha value is -8.66. The maximum absolute atomic E-state index is 6.14. The Balaban J connectivity index is 0.957. The average molecular weight is 841 g/mol. The van der Waals surface area contributed by atoms with Gasteiger partial charge in [0.05, 0.1) is 16.8 Å². The number of benzene rings is 10. The molecule has 0 bridgehead atoms. The van der Waals surface area contributed by atoms with Crippen LogP contribution in [0.3, 0.4) is 0 Å². The number of rotatable bonds is 7. The molecule has 10 aromatic carbocycles. The van der Waals surface area contributed by atoms with Gasteiger partial charge in [-0.15, -0.1) is 0 Å². The first-order valence-corrected chi connectivity index (χ1v) is 22.5. The van der Waals surface area contributed by atoms with Crippen molar-refractivity contribution in [3.63, 3.8) is 0 Å². The third-order valence-corrected chi connectivity index (χ3v) is 13.6. The zero-order chi connectivity index (χ0) is 43.6. The molecule has 0 radical (unpaired) electrons. The molecule has 2 heterocycles. The van der Waals surface area contributed by atoms with Crippen molar-refractivity contribution in [2.24, 2.45) is 0 Å². The number of hydrogen-bond donors (Lipinski definition) is 0. The molecule has 3 nitrogen and oxygen atoms in total. The molecule has 0 atom stereocenters. The van der Waals surface area contributed by atoms with Crippen molar-refractivity contribution in [3.05, 3.63) is 265 Å². The van der Waals surface area contributed by atoms with E-state index in [9.17, 15) is 0 Å². The van der Waals surface area contributed by atoms with Gasteiger partial charge in [-0.1, -0.05) is 206 Å². The summed E-state index contributed by atoms with van der Waals surface area (Å²) in [7, 11) is 0. The molecule has 12 aromatic rings. The number of aromatic nitrogens is 2. The van der Waals surface area contributed by atoms with Gasteiger partial charge in [0, 0.05) is 27.5 Å². The quantitative estimate of drug-likeness (QED) is 0.160. The van der Waals surface area contributed by atoms with E-state index in [-0.39, 0.29) is 0 Å². The highest BCUT2D eigenvalue weighted by atomic mass is 16.3. The van der Waals surface area contributed by atoms with Crippen LogP contribution in [0, 0.1) is 0 Å². The van der Waals surface area contributed by atoms with Gasteiger partial charge in [-0.2, -0.15) is 0 Å². The van der Waals surface area contributed by atoms with Crippen molar-refractivity contribution in [2.45, 2.75) is 5.41 Å². The fourth-order valence-corrected chi connectivity index (χ4v) is 10.4. The van der Waals surface area contributed by atoms with Crippen LogP contribution in [0.4, 0.5) is 0 Å². The second-order valence-corrected chi connectivity index (χ2v) is 17.3. The van der Waals surface area contributed by atoms with Crippen molar-refractivity contribution in [1.29, 1.82) is 0 Å². The lowest BCUT2D eigenvalue weighted by molar-refractivity contribution is 0.669. The monoisotopic (exact) mass is 840 g/mol. The Morgan fingerprint density at radius 2 is 0.833 bits per heavy atom. The van der Waals surface area contributed by atoms with Crippen molar-refractivity contribution in [2.75, 3.05) is 0 Å². The maximum atomic E-state index is 6.14. The smallest absolute Gasteiger partial charge is 0.160 e. The van der Waals surface area contributed by atoms with Crippen LogP contribution in [0.2, 0.25) is 0 Å². The molecule has 308 valence electrons. The first-order valence-electron chi connectivity index (χ1n) is 22.5. The molecular formula is C63H40N2O. The minimum atomic E-state index is -0.524. The Kier molecular flexibility index (Phi) is 8.75. The van der Waals surface area contributed by atoms with Crippen LogP contribution < -0.4 is 0 Å². The van der Waals surface area contributed by atoms with E-state index in [1.807, 2.05) is 12.1 Å². The van der Waals surface area contributed by atoms with Crippen molar-refractivity contribution < 1.29 is 4.42 Å². The van der Waals surface area contributed by atoms with Gasteiger partial charge in [0.2, 0.25) is 0 Å². The highest BCUT2D eigenvalue weighted by Gasteiger charge is 2.46. The number of furan rings is 1. The first kappa shape index (κ1) is 37.9. The van der Waals surface area contributed by atoms with Gasteiger partial charge in [-0.25, -0.2) is 9.97 Å². The Labute approximate surface area is 383 Å². The molecular weight excluding hydrogens is 801 g/mol. The third-order valence-electron chi connectivity index (χ3n) is 13.6. The van der Waals surface area contributed by atoms with Gasteiger partial charge in [0.15, 0.2) is 5.82 Å². The van der Waals surface area contributed by atoms with Crippen LogP contribution in [0.1, 0.15) is 22.3 Å². The van der Waals surface area contributed by atoms with Gasteiger partial charge < -0.3 is 4.42 Å². The molecule has 0 N–H and O–H groups in total. The zero-order valence-electron chi connectivity index (χ0n) is 35.9. The number of fused-ring (bicyclic) bond motifs is 7. The van der Waals surface area contributed by atoms with Crippen molar-refractivity contribution >= 4 is 32.7 Å². The van der Waals surface area contributed by atoms with E-state index in [2.05, 4.69) is 231 Å².